The van der Waals surface area contributed by atoms with E-state index in [2.05, 4.69) is 20.0 Å². The predicted molar refractivity (Wildman–Crippen MR) is 70.6 cm³/mol. The average Bonchev–Trinajstić information content (AvgIpc) is 2.95. The second-order valence-corrected chi connectivity index (χ2v) is 5.05. The summed E-state index contributed by atoms with van der Waals surface area (Å²) in [7, 11) is 1.83. The maximum Gasteiger partial charge on any atom is 0.229 e. The van der Waals surface area contributed by atoms with Crippen LogP contribution in [0.15, 0.2) is 18.6 Å². The Morgan fingerprint density at radius 2 is 2.37 bits per heavy atom. The van der Waals surface area contributed by atoms with Crippen LogP contribution in [-0.2, 0) is 24.8 Å². The van der Waals surface area contributed by atoms with Crippen molar-refractivity contribution < 1.29 is 4.79 Å². The monoisotopic (exact) mass is 259 g/mol. The van der Waals surface area contributed by atoms with Crippen LogP contribution in [0.3, 0.4) is 0 Å². The van der Waals surface area contributed by atoms with Gasteiger partial charge in [0.1, 0.15) is 5.82 Å². The lowest BCUT2D eigenvalue weighted by molar-refractivity contribution is -0.120. The molecule has 0 aromatic carbocycles. The Balaban J connectivity index is 1.70. The summed E-state index contributed by atoms with van der Waals surface area (Å²) < 4.78 is 3.80. The van der Waals surface area contributed by atoms with Crippen molar-refractivity contribution in [1.82, 2.24) is 19.3 Å². The molecule has 0 radical (unpaired) electrons. The number of amides is 1. The third kappa shape index (κ3) is 2.25. The highest BCUT2D eigenvalue weighted by molar-refractivity contribution is 5.92. The van der Waals surface area contributed by atoms with E-state index < -0.39 is 0 Å². The summed E-state index contributed by atoms with van der Waals surface area (Å²) in [5.74, 6) is 0.830. The van der Waals surface area contributed by atoms with Gasteiger partial charge in [0.2, 0.25) is 5.91 Å². The minimum Gasteiger partial charge on any atom is -0.335 e. The summed E-state index contributed by atoms with van der Waals surface area (Å²) in [6.07, 6.45) is 5.27. The second kappa shape index (κ2) is 4.53. The van der Waals surface area contributed by atoms with E-state index in [1.807, 2.05) is 32.6 Å². The Morgan fingerprint density at radius 3 is 3.11 bits per heavy atom. The standard InChI is InChI=1S/C13H17N5O/c1-9-5-12(17(2)16-9)15-13(19)10-3-4-18-8-14-7-11(18)6-10/h5,7-8,10H,3-4,6H2,1-2H3,(H,15,19). The van der Waals surface area contributed by atoms with Gasteiger partial charge in [-0.2, -0.15) is 5.10 Å². The molecule has 1 unspecified atom stereocenters. The van der Waals surface area contributed by atoms with Gasteiger partial charge in [0, 0.05) is 43.9 Å². The van der Waals surface area contributed by atoms with Gasteiger partial charge >= 0.3 is 0 Å². The molecule has 1 aliphatic rings. The number of carbonyl (C=O) groups excluding carboxylic acids is 1. The van der Waals surface area contributed by atoms with Crippen LogP contribution in [-0.4, -0.2) is 25.2 Å². The highest BCUT2D eigenvalue weighted by Gasteiger charge is 2.25. The van der Waals surface area contributed by atoms with E-state index in [1.165, 1.54) is 0 Å². The fourth-order valence-electron chi connectivity index (χ4n) is 2.55. The van der Waals surface area contributed by atoms with E-state index in [0.29, 0.717) is 0 Å². The number of fused-ring (bicyclic) bond motifs is 1. The molecule has 19 heavy (non-hydrogen) atoms. The van der Waals surface area contributed by atoms with E-state index >= 15 is 0 Å². The molecule has 1 aliphatic heterocycles. The largest absolute Gasteiger partial charge is 0.335 e. The molecule has 3 heterocycles. The molecule has 1 N–H and O–H groups in total. The lowest BCUT2D eigenvalue weighted by atomic mass is 9.95. The van der Waals surface area contributed by atoms with Gasteiger partial charge in [0.25, 0.3) is 0 Å². The number of imidazole rings is 1. The van der Waals surface area contributed by atoms with Crippen molar-refractivity contribution in [2.75, 3.05) is 5.32 Å². The molecular formula is C13H17N5O. The Morgan fingerprint density at radius 1 is 1.53 bits per heavy atom. The van der Waals surface area contributed by atoms with Crippen LogP contribution in [0.4, 0.5) is 5.82 Å². The van der Waals surface area contributed by atoms with Crippen molar-refractivity contribution in [3.05, 3.63) is 30.0 Å². The summed E-state index contributed by atoms with van der Waals surface area (Å²) in [6, 6.07) is 1.88. The van der Waals surface area contributed by atoms with Gasteiger partial charge in [-0.3, -0.25) is 9.48 Å². The second-order valence-electron chi connectivity index (χ2n) is 5.05. The molecule has 0 fully saturated rings. The lowest BCUT2D eigenvalue weighted by Crippen LogP contribution is -2.30. The molecule has 2 aromatic rings. The molecule has 6 nitrogen and oxygen atoms in total. The molecular weight excluding hydrogens is 242 g/mol. The van der Waals surface area contributed by atoms with Crippen molar-refractivity contribution in [1.29, 1.82) is 0 Å². The molecule has 0 saturated heterocycles. The predicted octanol–water partition coefficient (Wildman–Crippen LogP) is 1.13. The van der Waals surface area contributed by atoms with E-state index in [0.717, 1.165) is 36.6 Å². The van der Waals surface area contributed by atoms with Crippen LogP contribution in [0.5, 0.6) is 0 Å². The first kappa shape index (κ1) is 12.0. The molecule has 1 amide bonds. The molecule has 0 bridgehead atoms. The molecule has 0 aliphatic carbocycles. The highest BCUT2D eigenvalue weighted by atomic mass is 16.2. The Hall–Kier alpha value is -2.11. The molecule has 6 heteroatoms. The number of anilines is 1. The number of carbonyl (C=O) groups is 1. The molecule has 0 saturated carbocycles. The molecule has 3 rings (SSSR count). The number of hydrogen-bond acceptors (Lipinski definition) is 3. The molecule has 0 spiro atoms. The number of nitrogens with zero attached hydrogens (tertiary/aromatic N) is 4. The van der Waals surface area contributed by atoms with Gasteiger partial charge in [-0.1, -0.05) is 0 Å². The normalized spacial score (nSPS) is 18.1. The quantitative estimate of drug-likeness (QED) is 0.879. The fourth-order valence-corrected chi connectivity index (χ4v) is 2.55. The fraction of sp³-hybridized carbons (Fsp3) is 0.462. The summed E-state index contributed by atoms with van der Waals surface area (Å²) >= 11 is 0. The number of aryl methyl sites for hydroxylation is 3. The summed E-state index contributed by atoms with van der Waals surface area (Å²) in [5, 5.41) is 7.18. The Kier molecular flexibility index (Phi) is 2.85. The average molecular weight is 259 g/mol. The number of hydrogen-bond donors (Lipinski definition) is 1. The van der Waals surface area contributed by atoms with Crippen molar-refractivity contribution in [3.63, 3.8) is 0 Å². The lowest BCUT2D eigenvalue weighted by Gasteiger charge is -2.22. The van der Waals surface area contributed by atoms with Crippen molar-refractivity contribution >= 4 is 11.7 Å². The zero-order valence-corrected chi connectivity index (χ0v) is 11.1. The van der Waals surface area contributed by atoms with Gasteiger partial charge in [0.15, 0.2) is 0 Å². The van der Waals surface area contributed by atoms with E-state index in [-0.39, 0.29) is 11.8 Å². The van der Waals surface area contributed by atoms with Gasteiger partial charge < -0.3 is 9.88 Å². The van der Waals surface area contributed by atoms with Gasteiger partial charge in [-0.05, 0) is 13.3 Å². The summed E-state index contributed by atoms with van der Waals surface area (Å²) in [4.78, 5) is 16.4. The van der Waals surface area contributed by atoms with Crippen molar-refractivity contribution in [3.8, 4) is 0 Å². The zero-order valence-electron chi connectivity index (χ0n) is 11.1. The van der Waals surface area contributed by atoms with Crippen LogP contribution in [0.25, 0.3) is 0 Å². The minimum atomic E-state index is 0.0133. The number of rotatable bonds is 2. The Labute approximate surface area is 111 Å². The van der Waals surface area contributed by atoms with Gasteiger partial charge in [-0.25, -0.2) is 4.98 Å². The van der Waals surface area contributed by atoms with Crippen LogP contribution in [0.1, 0.15) is 17.8 Å². The van der Waals surface area contributed by atoms with Crippen molar-refractivity contribution in [2.24, 2.45) is 13.0 Å². The first-order valence-electron chi connectivity index (χ1n) is 6.44. The van der Waals surface area contributed by atoms with Crippen molar-refractivity contribution in [2.45, 2.75) is 26.3 Å². The molecule has 1 atom stereocenters. The topological polar surface area (TPSA) is 64.7 Å². The van der Waals surface area contributed by atoms with Crippen LogP contribution >= 0.6 is 0 Å². The maximum atomic E-state index is 12.3. The maximum absolute atomic E-state index is 12.3. The highest BCUT2D eigenvalue weighted by Crippen LogP contribution is 2.21. The number of aromatic nitrogens is 4. The van der Waals surface area contributed by atoms with E-state index in [1.54, 1.807) is 4.68 Å². The molecule has 100 valence electrons. The van der Waals surface area contributed by atoms with Crippen LogP contribution in [0.2, 0.25) is 0 Å². The van der Waals surface area contributed by atoms with Crippen LogP contribution < -0.4 is 5.32 Å². The summed E-state index contributed by atoms with van der Waals surface area (Å²) in [6.45, 7) is 2.77. The Bertz CT molecular complexity index is 612. The van der Waals surface area contributed by atoms with E-state index in [4.69, 9.17) is 0 Å². The third-order valence-electron chi connectivity index (χ3n) is 3.60. The first-order valence-corrected chi connectivity index (χ1v) is 6.44. The SMILES string of the molecule is Cc1cc(NC(=O)C2CCn3cncc3C2)n(C)n1. The summed E-state index contributed by atoms with van der Waals surface area (Å²) in [5.41, 5.74) is 2.03. The number of nitrogens with one attached hydrogen (secondary N) is 1. The first-order chi connectivity index (χ1) is 9.13. The zero-order chi connectivity index (χ0) is 13.4. The van der Waals surface area contributed by atoms with E-state index in [9.17, 15) is 4.79 Å². The van der Waals surface area contributed by atoms with Gasteiger partial charge in [0.05, 0.1) is 12.0 Å². The third-order valence-corrected chi connectivity index (χ3v) is 3.60. The van der Waals surface area contributed by atoms with Crippen LogP contribution in [0, 0.1) is 12.8 Å². The smallest absolute Gasteiger partial charge is 0.229 e. The molecule has 2 aromatic heterocycles. The van der Waals surface area contributed by atoms with Gasteiger partial charge in [-0.15, -0.1) is 0 Å². The minimum absolute atomic E-state index is 0.0133.